The first kappa shape index (κ1) is 16.2. The lowest BCUT2D eigenvalue weighted by Gasteiger charge is -2.21. The van der Waals surface area contributed by atoms with E-state index in [0.29, 0.717) is 23.3 Å². The monoisotopic (exact) mass is 294 g/mol. The minimum atomic E-state index is -0.204. The maximum absolute atomic E-state index is 14.0. The molecule has 4 heteroatoms. The lowest BCUT2D eigenvalue weighted by atomic mass is 10.1. The summed E-state index contributed by atoms with van der Waals surface area (Å²) >= 11 is 0. The molecule has 0 saturated carbocycles. The number of nitrogens with zero attached hydrogens (tertiary/aromatic N) is 1. The number of nitrogens with one attached hydrogen (secondary N) is 1. The van der Waals surface area contributed by atoms with Gasteiger partial charge in [-0.2, -0.15) is 0 Å². The highest BCUT2D eigenvalue weighted by Gasteiger charge is 2.24. The molecule has 1 heterocycles. The molecule has 0 aromatic heterocycles. The van der Waals surface area contributed by atoms with Crippen LogP contribution in [-0.2, 0) is 0 Å². The van der Waals surface area contributed by atoms with Crippen molar-refractivity contribution < 1.29 is 9.13 Å². The Hall–Kier alpha value is -1.13. The third-order valence-electron chi connectivity index (χ3n) is 4.43. The van der Waals surface area contributed by atoms with Gasteiger partial charge in [-0.05, 0) is 52.3 Å². The van der Waals surface area contributed by atoms with Gasteiger partial charge >= 0.3 is 0 Å². The number of benzene rings is 1. The molecular weight excluding hydrogens is 267 g/mol. The standard InChI is InChI=1S/C17H27FN2O/c1-12(2)20-8-7-14(11-20)10-19-13(3)16-6-5-15(21-4)9-17(16)18/h5-6,9,12-14,19H,7-8,10-11H2,1-4H3. The van der Waals surface area contributed by atoms with E-state index in [1.54, 1.807) is 13.2 Å². The normalized spacial score (nSPS) is 21.0. The predicted octanol–water partition coefficient (Wildman–Crippen LogP) is 3.22. The van der Waals surface area contributed by atoms with Gasteiger partial charge in [0.2, 0.25) is 0 Å². The molecule has 2 unspecified atom stereocenters. The Morgan fingerprint density at radius 1 is 1.38 bits per heavy atom. The number of hydrogen-bond donors (Lipinski definition) is 1. The Bertz CT molecular complexity index is 464. The number of hydrogen-bond acceptors (Lipinski definition) is 3. The Balaban J connectivity index is 1.86. The molecule has 1 aliphatic rings. The van der Waals surface area contributed by atoms with E-state index in [-0.39, 0.29) is 11.9 Å². The van der Waals surface area contributed by atoms with Crippen molar-refractivity contribution in [3.8, 4) is 5.75 Å². The van der Waals surface area contributed by atoms with Gasteiger partial charge in [-0.15, -0.1) is 0 Å². The maximum Gasteiger partial charge on any atom is 0.131 e. The molecule has 118 valence electrons. The summed E-state index contributed by atoms with van der Waals surface area (Å²) in [4.78, 5) is 2.50. The quantitative estimate of drug-likeness (QED) is 0.872. The SMILES string of the molecule is COc1ccc(C(C)NCC2CCN(C(C)C)C2)c(F)c1. The second kappa shape index (κ2) is 7.23. The van der Waals surface area contributed by atoms with Crippen LogP contribution in [0.4, 0.5) is 4.39 Å². The molecule has 0 amide bonds. The van der Waals surface area contributed by atoms with E-state index in [4.69, 9.17) is 4.74 Å². The van der Waals surface area contributed by atoms with E-state index in [1.807, 2.05) is 13.0 Å². The van der Waals surface area contributed by atoms with Crippen LogP contribution < -0.4 is 10.1 Å². The lowest BCUT2D eigenvalue weighted by Crippen LogP contribution is -2.31. The molecule has 1 N–H and O–H groups in total. The molecule has 0 bridgehead atoms. The van der Waals surface area contributed by atoms with Crippen LogP contribution in [0, 0.1) is 11.7 Å². The topological polar surface area (TPSA) is 24.5 Å². The molecule has 2 atom stereocenters. The van der Waals surface area contributed by atoms with Gasteiger partial charge in [-0.3, -0.25) is 0 Å². The number of ether oxygens (including phenoxy) is 1. The van der Waals surface area contributed by atoms with E-state index >= 15 is 0 Å². The predicted molar refractivity (Wildman–Crippen MR) is 84.2 cm³/mol. The number of likely N-dealkylation sites (tertiary alicyclic amines) is 1. The van der Waals surface area contributed by atoms with E-state index < -0.39 is 0 Å². The summed E-state index contributed by atoms with van der Waals surface area (Å²) in [6.07, 6.45) is 1.23. The highest BCUT2D eigenvalue weighted by molar-refractivity contribution is 5.30. The second-order valence-corrected chi connectivity index (χ2v) is 6.26. The number of halogens is 1. The summed E-state index contributed by atoms with van der Waals surface area (Å²) < 4.78 is 19.1. The van der Waals surface area contributed by atoms with Crippen molar-refractivity contribution in [3.63, 3.8) is 0 Å². The minimum Gasteiger partial charge on any atom is -0.497 e. The lowest BCUT2D eigenvalue weighted by molar-refractivity contribution is 0.263. The van der Waals surface area contributed by atoms with E-state index in [1.165, 1.54) is 19.0 Å². The Labute approximate surface area is 127 Å². The van der Waals surface area contributed by atoms with Gasteiger partial charge in [0.15, 0.2) is 0 Å². The smallest absolute Gasteiger partial charge is 0.131 e. The molecule has 21 heavy (non-hydrogen) atoms. The summed E-state index contributed by atoms with van der Waals surface area (Å²) in [7, 11) is 1.55. The van der Waals surface area contributed by atoms with E-state index in [2.05, 4.69) is 24.1 Å². The van der Waals surface area contributed by atoms with Crippen LogP contribution in [0.3, 0.4) is 0 Å². The van der Waals surface area contributed by atoms with Crippen LogP contribution in [0.5, 0.6) is 5.75 Å². The van der Waals surface area contributed by atoms with E-state index in [0.717, 1.165) is 13.1 Å². The highest BCUT2D eigenvalue weighted by atomic mass is 19.1. The van der Waals surface area contributed by atoms with Gasteiger partial charge in [0.1, 0.15) is 11.6 Å². The summed E-state index contributed by atoms with van der Waals surface area (Å²) in [6.45, 7) is 9.75. The average molecular weight is 294 g/mol. The molecule has 1 aliphatic heterocycles. The molecule has 3 nitrogen and oxygen atoms in total. The van der Waals surface area contributed by atoms with Gasteiger partial charge in [-0.25, -0.2) is 4.39 Å². The highest BCUT2D eigenvalue weighted by Crippen LogP contribution is 2.23. The Morgan fingerprint density at radius 2 is 2.14 bits per heavy atom. The zero-order chi connectivity index (χ0) is 15.4. The molecule has 2 rings (SSSR count). The van der Waals surface area contributed by atoms with Crippen molar-refractivity contribution >= 4 is 0 Å². The molecule has 0 aliphatic carbocycles. The van der Waals surface area contributed by atoms with Crippen molar-refractivity contribution in [3.05, 3.63) is 29.6 Å². The molecule has 1 aromatic carbocycles. The van der Waals surface area contributed by atoms with Crippen LogP contribution in [0.25, 0.3) is 0 Å². The second-order valence-electron chi connectivity index (χ2n) is 6.26. The third kappa shape index (κ3) is 4.17. The Morgan fingerprint density at radius 3 is 2.71 bits per heavy atom. The third-order valence-corrected chi connectivity index (χ3v) is 4.43. The number of rotatable bonds is 6. The fourth-order valence-electron chi connectivity index (χ4n) is 2.94. The molecule has 0 spiro atoms. The fourth-order valence-corrected chi connectivity index (χ4v) is 2.94. The van der Waals surface area contributed by atoms with Crippen molar-refractivity contribution in [2.24, 2.45) is 5.92 Å². The van der Waals surface area contributed by atoms with Crippen molar-refractivity contribution in [2.75, 3.05) is 26.7 Å². The van der Waals surface area contributed by atoms with Gasteiger partial charge < -0.3 is 15.0 Å². The van der Waals surface area contributed by atoms with Crippen LogP contribution >= 0.6 is 0 Å². The van der Waals surface area contributed by atoms with Crippen LogP contribution in [0.2, 0.25) is 0 Å². The van der Waals surface area contributed by atoms with Gasteiger partial charge in [0.05, 0.1) is 7.11 Å². The molecule has 1 fully saturated rings. The minimum absolute atomic E-state index is 0.0176. The fraction of sp³-hybridized carbons (Fsp3) is 0.647. The summed E-state index contributed by atoms with van der Waals surface area (Å²) in [5, 5.41) is 3.47. The Kier molecular flexibility index (Phi) is 5.59. The largest absolute Gasteiger partial charge is 0.497 e. The molecule has 1 saturated heterocycles. The van der Waals surface area contributed by atoms with E-state index in [9.17, 15) is 4.39 Å². The van der Waals surface area contributed by atoms with Crippen LogP contribution in [0.1, 0.15) is 38.8 Å². The summed E-state index contributed by atoms with van der Waals surface area (Å²) in [5.74, 6) is 1.02. The summed E-state index contributed by atoms with van der Waals surface area (Å²) in [6, 6.07) is 5.70. The molecular formula is C17H27FN2O. The number of methoxy groups -OCH3 is 1. The zero-order valence-electron chi connectivity index (χ0n) is 13.5. The average Bonchev–Trinajstić information content (AvgIpc) is 2.93. The maximum atomic E-state index is 14.0. The van der Waals surface area contributed by atoms with Gasteiger partial charge in [-0.1, -0.05) is 6.07 Å². The van der Waals surface area contributed by atoms with Crippen LogP contribution in [-0.4, -0.2) is 37.7 Å². The summed E-state index contributed by atoms with van der Waals surface area (Å²) in [5.41, 5.74) is 0.703. The van der Waals surface area contributed by atoms with Gasteiger partial charge in [0.25, 0.3) is 0 Å². The zero-order valence-corrected chi connectivity index (χ0v) is 13.5. The van der Waals surface area contributed by atoms with Crippen molar-refractivity contribution in [1.82, 2.24) is 10.2 Å². The van der Waals surface area contributed by atoms with Crippen LogP contribution in [0.15, 0.2) is 18.2 Å². The first-order valence-corrected chi connectivity index (χ1v) is 7.82. The van der Waals surface area contributed by atoms with Gasteiger partial charge in [0, 0.05) is 30.3 Å². The van der Waals surface area contributed by atoms with Crippen molar-refractivity contribution in [1.29, 1.82) is 0 Å². The van der Waals surface area contributed by atoms with Crippen molar-refractivity contribution in [2.45, 2.75) is 39.3 Å². The first-order valence-electron chi connectivity index (χ1n) is 7.82. The first-order chi connectivity index (χ1) is 10.0. The molecule has 1 aromatic rings. The molecule has 0 radical (unpaired) electrons.